The van der Waals surface area contributed by atoms with E-state index in [9.17, 15) is 4.79 Å². The summed E-state index contributed by atoms with van der Waals surface area (Å²) in [5, 5.41) is 6.25. The van der Waals surface area contributed by atoms with Crippen molar-refractivity contribution >= 4 is 40.5 Å². The van der Waals surface area contributed by atoms with Crippen LogP contribution in [-0.2, 0) is 0 Å². The average Bonchev–Trinajstić information content (AvgIpc) is 2.50. The molecule has 0 spiro atoms. The molecular weight excluding hydrogens is 332 g/mol. The standard InChI is InChI=1S/C17H17ClN2O2S/c1-10-4-6-14(11(2)8-10)19-17(23)20-16(21)12-5-7-15(22-3)13(18)9-12/h4-9H,1-3H3,(H2,19,20,21,23). The van der Waals surface area contributed by atoms with Crippen LogP contribution in [0, 0.1) is 13.8 Å². The Kier molecular flexibility index (Phi) is 5.58. The van der Waals surface area contributed by atoms with Gasteiger partial charge in [-0.05, 0) is 55.9 Å². The zero-order chi connectivity index (χ0) is 17.0. The van der Waals surface area contributed by atoms with E-state index < -0.39 is 0 Å². The second-order valence-corrected chi connectivity index (χ2v) is 5.89. The Labute approximate surface area is 145 Å². The molecule has 6 heteroatoms. The molecule has 2 N–H and O–H groups in total. The normalized spacial score (nSPS) is 10.1. The van der Waals surface area contributed by atoms with Gasteiger partial charge in [0, 0.05) is 11.3 Å². The van der Waals surface area contributed by atoms with Crippen molar-refractivity contribution in [2.75, 3.05) is 12.4 Å². The minimum atomic E-state index is -0.336. The van der Waals surface area contributed by atoms with Crippen LogP contribution in [0.5, 0.6) is 5.75 Å². The fraction of sp³-hybridized carbons (Fsp3) is 0.176. The molecule has 2 rings (SSSR count). The molecule has 0 aromatic heterocycles. The highest BCUT2D eigenvalue weighted by atomic mass is 35.5. The highest BCUT2D eigenvalue weighted by molar-refractivity contribution is 7.80. The summed E-state index contributed by atoms with van der Waals surface area (Å²) < 4.78 is 5.06. The number of benzene rings is 2. The monoisotopic (exact) mass is 348 g/mol. The number of ether oxygens (including phenoxy) is 1. The molecule has 2 aromatic carbocycles. The lowest BCUT2D eigenvalue weighted by molar-refractivity contribution is 0.0977. The predicted octanol–water partition coefficient (Wildman–Crippen LogP) is 4.09. The van der Waals surface area contributed by atoms with Gasteiger partial charge >= 0.3 is 0 Å². The highest BCUT2D eigenvalue weighted by Crippen LogP contribution is 2.24. The Morgan fingerprint density at radius 2 is 1.91 bits per heavy atom. The van der Waals surface area contributed by atoms with Gasteiger partial charge < -0.3 is 10.1 Å². The molecule has 2 aromatic rings. The largest absolute Gasteiger partial charge is 0.495 e. The molecule has 0 saturated heterocycles. The molecule has 0 aliphatic heterocycles. The van der Waals surface area contributed by atoms with Crippen molar-refractivity contribution in [3.63, 3.8) is 0 Å². The number of anilines is 1. The lowest BCUT2D eigenvalue weighted by Crippen LogP contribution is -2.34. The Hall–Kier alpha value is -2.11. The van der Waals surface area contributed by atoms with E-state index in [-0.39, 0.29) is 11.0 Å². The summed E-state index contributed by atoms with van der Waals surface area (Å²) in [6.45, 7) is 3.99. The number of carbonyl (C=O) groups is 1. The summed E-state index contributed by atoms with van der Waals surface area (Å²) in [7, 11) is 1.52. The first kappa shape index (κ1) is 17.2. The number of carbonyl (C=O) groups excluding carboxylic acids is 1. The maximum absolute atomic E-state index is 12.2. The van der Waals surface area contributed by atoms with Crippen molar-refractivity contribution in [1.82, 2.24) is 5.32 Å². The molecule has 0 fully saturated rings. The van der Waals surface area contributed by atoms with Gasteiger partial charge in [0.2, 0.25) is 0 Å². The Bertz CT molecular complexity index is 762. The van der Waals surface area contributed by atoms with Crippen LogP contribution in [0.25, 0.3) is 0 Å². The average molecular weight is 349 g/mol. The maximum Gasteiger partial charge on any atom is 0.257 e. The molecule has 120 valence electrons. The van der Waals surface area contributed by atoms with Gasteiger partial charge in [-0.2, -0.15) is 0 Å². The Balaban J connectivity index is 2.05. The van der Waals surface area contributed by atoms with Crippen LogP contribution in [0.4, 0.5) is 5.69 Å². The number of methoxy groups -OCH3 is 1. The highest BCUT2D eigenvalue weighted by Gasteiger charge is 2.11. The Morgan fingerprint density at radius 3 is 2.52 bits per heavy atom. The van der Waals surface area contributed by atoms with Gasteiger partial charge in [0.05, 0.1) is 12.1 Å². The van der Waals surface area contributed by atoms with E-state index in [2.05, 4.69) is 10.6 Å². The number of thiocarbonyl (C=S) groups is 1. The second kappa shape index (κ2) is 7.44. The van der Waals surface area contributed by atoms with E-state index in [4.69, 9.17) is 28.6 Å². The number of hydrogen-bond donors (Lipinski definition) is 2. The smallest absolute Gasteiger partial charge is 0.257 e. The predicted molar refractivity (Wildman–Crippen MR) is 97.6 cm³/mol. The summed E-state index contributed by atoms with van der Waals surface area (Å²) >= 11 is 11.2. The molecule has 0 radical (unpaired) electrons. The van der Waals surface area contributed by atoms with Gasteiger partial charge in [-0.1, -0.05) is 29.3 Å². The number of aryl methyl sites for hydroxylation is 2. The van der Waals surface area contributed by atoms with Gasteiger partial charge in [0.1, 0.15) is 5.75 Å². The maximum atomic E-state index is 12.2. The number of nitrogens with one attached hydrogen (secondary N) is 2. The zero-order valence-corrected chi connectivity index (χ0v) is 14.6. The van der Waals surface area contributed by atoms with E-state index in [0.717, 1.165) is 16.8 Å². The fourth-order valence-electron chi connectivity index (χ4n) is 2.09. The van der Waals surface area contributed by atoms with Crippen molar-refractivity contribution in [1.29, 1.82) is 0 Å². The van der Waals surface area contributed by atoms with Gasteiger partial charge in [0.25, 0.3) is 5.91 Å². The van der Waals surface area contributed by atoms with E-state index >= 15 is 0 Å². The molecule has 0 atom stereocenters. The molecule has 0 aliphatic carbocycles. The lowest BCUT2D eigenvalue weighted by atomic mass is 10.1. The third-order valence-electron chi connectivity index (χ3n) is 3.27. The molecular formula is C17H17ClN2O2S. The molecule has 0 heterocycles. The number of halogens is 1. The first-order valence-electron chi connectivity index (χ1n) is 6.94. The molecule has 0 unspecified atom stereocenters. The van der Waals surface area contributed by atoms with E-state index in [1.165, 1.54) is 13.2 Å². The third kappa shape index (κ3) is 4.43. The van der Waals surface area contributed by atoms with E-state index in [1.807, 2.05) is 32.0 Å². The first-order chi connectivity index (χ1) is 10.9. The van der Waals surface area contributed by atoms with Crippen LogP contribution in [0.1, 0.15) is 21.5 Å². The molecule has 0 aliphatic rings. The Morgan fingerprint density at radius 1 is 1.17 bits per heavy atom. The minimum Gasteiger partial charge on any atom is -0.495 e. The van der Waals surface area contributed by atoms with Crippen LogP contribution in [0.2, 0.25) is 5.02 Å². The SMILES string of the molecule is COc1ccc(C(=O)NC(=S)Nc2ccc(C)cc2C)cc1Cl. The van der Waals surface area contributed by atoms with Crippen molar-refractivity contribution in [2.45, 2.75) is 13.8 Å². The van der Waals surface area contributed by atoms with Crippen molar-refractivity contribution < 1.29 is 9.53 Å². The molecule has 23 heavy (non-hydrogen) atoms. The topological polar surface area (TPSA) is 50.4 Å². The molecule has 4 nitrogen and oxygen atoms in total. The molecule has 0 bridgehead atoms. The van der Waals surface area contributed by atoms with Crippen LogP contribution < -0.4 is 15.4 Å². The van der Waals surface area contributed by atoms with Crippen LogP contribution in [0.3, 0.4) is 0 Å². The van der Waals surface area contributed by atoms with Crippen molar-refractivity contribution in [2.24, 2.45) is 0 Å². The molecule has 1 amide bonds. The van der Waals surface area contributed by atoms with Crippen molar-refractivity contribution in [3.8, 4) is 5.75 Å². The summed E-state index contributed by atoms with van der Waals surface area (Å²) in [6, 6.07) is 10.7. The van der Waals surface area contributed by atoms with Gasteiger partial charge in [-0.3, -0.25) is 10.1 Å². The van der Waals surface area contributed by atoms with Gasteiger partial charge in [-0.25, -0.2) is 0 Å². The minimum absolute atomic E-state index is 0.230. The lowest BCUT2D eigenvalue weighted by Gasteiger charge is -2.12. The zero-order valence-electron chi connectivity index (χ0n) is 13.1. The molecule has 0 saturated carbocycles. The summed E-state index contributed by atoms with van der Waals surface area (Å²) in [4.78, 5) is 12.2. The number of hydrogen-bond acceptors (Lipinski definition) is 3. The second-order valence-electron chi connectivity index (χ2n) is 5.08. The van der Waals surface area contributed by atoms with Crippen molar-refractivity contribution in [3.05, 3.63) is 58.1 Å². The third-order valence-corrected chi connectivity index (χ3v) is 3.77. The number of rotatable bonds is 3. The summed E-state index contributed by atoms with van der Waals surface area (Å²) in [6.07, 6.45) is 0. The van der Waals surface area contributed by atoms with Crippen LogP contribution in [-0.4, -0.2) is 18.1 Å². The van der Waals surface area contributed by atoms with Crippen LogP contribution in [0.15, 0.2) is 36.4 Å². The van der Waals surface area contributed by atoms with E-state index in [1.54, 1.807) is 12.1 Å². The summed E-state index contributed by atoms with van der Waals surface area (Å²) in [5.41, 5.74) is 3.47. The summed E-state index contributed by atoms with van der Waals surface area (Å²) in [5.74, 6) is 0.177. The van der Waals surface area contributed by atoms with Gasteiger partial charge in [0.15, 0.2) is 5.11 Å². The fourth-order valence-corrected chi connectivity index (χ4v) is 2.55. The van der Waals surface area contributed by atoms with Crippen LogP contribution >= 0.6 is 23.8 Å². The first-order valence-corrected chi connectivity index (χ1v) is 7.72. The van der Waals surface area contributed by atoms with Gasteiger partial charge in [-0.15, -0.1) is 0 Å². The quantitative estimate of drug-likeness (QED) is 0.820. The number of amides is 1. The van der Waals surface area contributed by atoms with E-state index in [0.29, 0.717) is 16.3 Å².